The number of halogens is 1. The maximum absolute atomic E-state index is 13.3. The molecule has 0 saturated heterocycles. The summed E-state index contributed by atoms with van der Waals surface area (Å²) in [5.41, 5.74) is 7.04. The topological polar surface area (TPSA) is 44.5 Å². The molecule has 112 valence electrons. The molecule has 2 rings (SSSR count). The summed E-state index contributed by atoms with van der Waals surface area (Å²) in [6, 6.07) is 13.4. The lowest BCUT2D eigenvalue weighted by Gasteiger charge is -2.26. The number of methoxy groups -OCH3 is 1. The second-order valence-electron chi connectivity index (χ2n) is 4.81. The zero-order valence-corrected chi connectivity index (χ0v) is 12.3. The summed E-state index contributed by atoms with van der Waals surface area (Å²) < 4.78 is 24.6. The van der Waals surface area contributed by atoms with Crippen molar-refractivity contribution in [2.24, 2.45) is 5.73 Å². The van der Waals surface area contributed by atoms with Gasteiger partial charge in [0, 0.05) is 17.7 Å². The highest BCUT2D eigenvalue weighted by molar-refractivity contribution is 5.37. The van der Waals surface area contributed by atoms with Crippen molar-refractivity contribution in [2.45, 2.75) is 25.5 Å². The summed E-state index contributed by atoms with van der Waals surface area (Å²) in [6.07, 6.45) is 0.339. The Morgan fingerprint density at radius 2 is 1.90 bits per heavy atom. The van der Waals surface area contributed by atoms with Crippen molar-refractivity contribution in [1.82, 2.24) is 0 Å². The summed E-state index contributed by atoms with van der Waals surface area (Å²) in [6.45, 7) is 1.99. The fourth-order valence-corrected chi connectivity index (χ4v) is 2.18. The molecule has 0 fully saturated rings. The maximum atomic E-state index is 13.3. The number of nitrogens with two attached hydrogens (primary N) is 1. The molecule has 0 aliphatic carbocycles. The molecule has 2 aromatic carbocycles. The molecule has 2 aromatic rings. The fraction of sp³-hybridized carbons (Fsp3) is 0.294. The van der Waals surface area contributed by atoms with Crippen LogP contribution in [0.25, 0.3) is 0 Å². The van der Waals surface area contributed by atoms with Gasteiger partial charge >= 0.3 is 0 Å². The zero-order valence-electron chi connectivity index (χ0n) is 12.3. The van der Waals surface area contributed by atoms with Gasteiger partial charge in [-0.15, -0.1) is 0 Å². The molecule has 0 bridgehead atoms. The summed E-state index contributed by atoms with van der Waals surface area (Å²) in [7, 11) is 1.61. The summed E-state index contributed by atoms with van der Waals surface area (Å²) in [5, 5.41) is 0. The van der Waals surface area contributed by atoms with Crippen LogP contribution in [0.2, 0.25) is 0 Å². The van der Waals surface area contributed by atoms with E-state index in [2.05, 4.69) is 0 Å². The minimum absolute atomic E-state index is 0.218. The monoisotopic (exact) mass is 289 g/mol. The van der Waals surface area contributed by atoms with Gasteiger partial charge in [-0.05, 0) is 24.6 Å². The first-order chi connectivity index (χ1) is 10.2. The van der Waals surface area contributed by atoms with Crippen molar-refractivity contribution < 1.29 is 13.9 Å². The van der Waals surface area contributed by atoms with E-state index in [9.17, 15) is 4.39 Å². The molecule has 21 heavy (non-hydrogen) atoms. The molecule has 0 aromatic heterocycles. The van der Waals surface area contributed by atoms with E-state index in [1.54, 1.807) is 19.2 Å². The number of para-hydroxylation sites is 1. The quantitative estimate of drug-likeness (QED) is 0.882. The van der Waals surface area contributed by atoms with Gasteiger partial charge < -0.3 is 15.2 Å². The Labute approximate surface area is 124 Å². The third-order valence-electron chi connectivity index (χ3n) is 3.36. The molecule has 0 saturated carbocycles. The third-order valence-corrected chi connectivity index (χ3v) is 3.36. The molecule has 2 unspecified atom stereocenters. The lowest BCUT2D eigenvalue weighted by molar-refractivity contribution is 0.166. The van der Waals surface area contributed by atoms with E-state index in [-0.39, 0.29) is 11.9 Å². The van der Waals surface area contributed by atoms with Crippen LogP contribution in [0, 0.1) is 5.82 Å². The largest absolute Gasteiger partial charge is 0.496 e. The number of hydrogen-bond donors (Lipinski definition) is 1. The Kier molecular flexibility index (Phi) is 5.17. The first kappa shape index (κ1) is 15.3. The van der Waals surface area contributed by atoms with Crippen LogP contribution in [0.5, 0.6) is 11.5 Å². The fourth-order valence-electron chi connectivity index (χ4n) is 2.18. The standard InChI is InChI=1S/C17H20FNO2/c1-3-15(19)17(14-9-4-5-10-16(14)20-2)21-13-8-6-7-12(18)11-13/h4-11,15,17H,3,19H2,1-2H3. The predicted octanol–water partition coefficient (Wildman–Crippen LogP) is 3.69. The normalized spacial score (nSPS) is 13.5. The van der Waals surface area contributed by atoms with Gasteiger partial charge in [0.05, 0.1) is 7.11 Å². The Bertz CT molecular complexity index is 589. The molecular formula is C17H20FNO2. The third kappa shape index (κ3) is 3.73. The van der Waals surface area contributed by atoms with E-state index >= 15 is 0 Å². The molecule has 0 radical (unpaired) electrons. The van der Waals surface area contributed by atoms with E-state index in [0.29, 0.717) is 11.5 Å². The van der Waals surface area contributed by atoms with Crippen LogP contribution < -0.4 is 15.2 Å². The van der Waals surface area contributed by atoms with Crippen LogP contribution in [0.1, 0.15) is 25.0 Å². The highest BCUT2D eigenvalue weighted by atomic mass is 19.1. The second-order valence-corrected chi connectivity index (χ2v) is 4.81. The molecular weight excluding hydrogens is 269 g/mol. The summed E-state index contributed by atoms with van der Waals surface area (Å²) >= 11 is 0. The van der Waals surface area contributed by atoms with Gasteiger partial charge in [-0.2, -0.15) is 0 Å². The van der Waals surface area contributed by atoms with Gasteiger partial charge in [-0.3, -0.25) is 0 Å². The average molecular weight is 289 g/mol. The van der Waals surface area contributed by atoms with Gasteiger partial charge in [0.2, 0.25) is 0 Å². The molecule has 0 aliphatic heterocycles. The first-order valence-corrected chi connectivity index (χ1v) is 6.96. The van der Waals surface area contributed by atoms with E-state index in [0.717, 1.165) is 12.0 Å². The minimum Gasteiger partial charge on any atom is -0.496 e. The molecule has 0 spiro atoms. The molecule has 0 amide bonds. The Morgan fingerprint density at radius 3 is 2.57 bits per heavy atom. The van der Waals surface area contributed by atoms with Gasteiger partial charge in [0.25, 0.3) is 0 Å². The van der Waals surface area contributed by atoms with Crippen LogP contribution in [0.15, 0.2) is 48.5 Å². The van der Waals surface area contributed by atoms with E-state index in [1.807, 2.05) is 31.2 Å². The SMILES string of the molecule is CCC(N)C(Oc1cccc(F)c1)c1ccccc1OC. The van der Waals surface area contributed by atoms with Crippen LogP contribution in [0.4, 0.5) is 4.39 Å². The number of ether oxygens (including phenoxy) is 2. The molecule has 2 N–H and O–H groups in total. The number of benzene rings is 2. The van der Waals surface area contributed by atoms with Crippen molar-refractivity contribution in [3.63, 3.8) is 0 Å². The van der Waals surface area contributed by atoms with Crippen LogP contribution in [0.3, 0.4) is 0 Å². The van der Waals surface area contributed by atoms with E-state index in [1.165, 1.54) is 12.1 Å². The molecule has 3 nitrogen and oxygen atoms in total. The smallest absolute Gasteiger partial charge is 0.142 e. The van der Waals surface area contributed by atoms with Gasteiger partial charge in [-0.25, -0.2) is 4.39 Å². The molecule has 0 heterocycles. The van der Waals surface area contributed by atoms with Gasteiger partial charge in [0.15, 0.2) is 0 Å². The van der Waals surface area contributed by atoms with Crippen molar-refractivity contribution in [3.05, 3.63) is 59.9 Å². The van der Waals surface area contributed by atoms with E-state index in [4.69, 9.17) is 15.2 Å². The van der Waals surface area contributed by atoms with Crippen LogP contribution >= 0.6 is 0 Å². The highest BCUT2D eigenvalue weighted by Gasteiger charge is 2.23. The molecule has 2 atom stereocenters. The minimum atomic E-state index is -0.395. The summed E-state index contributed by atoms with van der Waals surface area (Å²) in [4.78, 5) is 0. The lowest BCUT2D eigenvalue weighted by Crippen LogP contribution is -2.31. The molecule has 0 aliphatic rings. The average Bonchev–Trinajstić information content (AvgIpc) is 2.52. The Hall–Kier alpha value is -2.07. The number of rotatable bonds is 6. The zero-order chi connectivity index (χ0) is 15.2. The van der Waals surface area contributed by atoms with Gasteiger partial charge in [-0.1, -0.05) is 31.2 Å². The van der Waals surface area contributed by atoms with Crippen molar-refractivity contribution in [3.8, 4) is 11.5 Å². The van der Waals surface area contributed by atoms with Crippen LogP contribution in [-0.4, -0.2) is 13.2 Å². The molecule has 4 heteroatoms. The Morgan fingerprint density at radius 1 is 1.14 bits per heavy atom. The summed E-state index contributed by atoms with van der Waals surface area (Å²) in [5.74, 6) is 0.828. The lowest BCUT2D eigenvalue weighted by atomic mass is 9.99. The van der Waals surface area contributed by atoms with Crippen molar-refractivity contribution in [2.75, 3.05) is 7.11 Å². The maximum Gasteiger partial charge on any atom is 0.142 e. The Balaban J connectivity index is 2.34. The first-order valence-electron chi connectivity index (χ1n) is 6.96. The van der Waals surface area contributed by atoms with Crippen molar-refractivity contribution in [1.29, 1.82) is 0 Å². The predicted molar refractivity (Wildman–Crippen MR) is 81.0 cm³/mol. The van der Waals surface area contributed by atoms with Crippen LogP contribution in [-0.2, 0) is 0 Å². The number of hydrogen-bond acceptors (Lipinski definition) is 3. The van der Waals surface area contributed by atoms with Gasteiger partial charge in [0.1, 0.15) is 23.4 Å². The van der Waals surface area contributed by atoms with E-state index < -0.39 is 6.10 Å². The van der Waals surface area contributed by atoms with Crippen molar-refractivity contribution >= 4 is 0 Å². The second kappa shape index (κ2) is 7.09. The highest BCUT2D eigenvalue weighted by Crippen LogP contribution is 2.31.